The van der Waals surface area contributed by atoms with Crippen LogP contribution in [0.1, 0.15) is 31.9 Å². The van der Waals surface area contributed by atoms with Crippen LogP contribution >= 0.6 is 15.9 Å². The molecule has 0 heterocycles. The second-order valence-corrected chi connectivity index (χ2v) is 7.00. The van der Waals surface area contributed by atoms with Gasteiger partial charge in [-0.3, -0.25) is 0 Å². The van der Waals surface area contributed by atoms with E-state index in [0.717, 1.165) is 12.1 Å². The number of carboxylic acid groups (broad SMARTS) is 1. The highest BCUT2D eigenvalue weighted by molar-refractivity contribution is 9.10. The monoisotopic (exact) mass is 411 g/mol. The molecule has 1 unspecified atom stereocenters. The van der Waals surface area contributed by atoms with Crippen molar-refractivity contribution in [3.05, 3.63) is 33.8 Å². The number of carbonyl (C=O) groups excluding carboxylic acids is 1. The summed E-state index contributed by atoms with van der Waals surface area (Å²) in [4.78, 5) is 22.9. The average molecular weight is 412 g/mol. The fourth-order valence-electron chi connectivity index (χ4n) is 1.82. The van der Waals surface area contributed by atoms with Gasteiger partial charge in [0.05, 0.1) is 5.56 Å². The predicted octanol–water partition coefficient (Wildman–Crippen LogP) is 3.99. The van der Waals surface area contributed by atoms with Crippen LogP contribution in [0.2, 0.25) is 0 Å². The van der Waals surface area contributed by atoms with Crippen LogP contribution in [0.4, 0.5) is 18.0 Å². The number of aliphatic carboxylic acids is 1. The lowest BCUT2D eigenvalue weighted by Gasteiger charge is -2.22. The molecule has 0 bridgehead atoms. The van der Waals surface area contributed by atoms with E-state index >= 15 is 0 Å². The second-order valence-electron chi connectivity index (χ2n) is 6.09. The van der Waals surface area contributed by atoms with Gasteiger partial charge in [0.1, 0.15) is 11.6 Å². The Morgan fingerprint density at radius 2 is 1.83 bits per heavy atom. The molecule has 0 aliphatic rings. The van der Waals surface area contributed by atoms with Gasteiger partial charge in [0, 0.05) is 10.9 Å². The number of hydrogen-bond donors (Lipinski definition) is 2. The third-order valence-electron chi connectivity index (χ3n) is 2.71. The summed E-state index contributed by atoms with van der Waals surface area (Å²) in [7, 11) is 0. The summed E-state index contributed by atoms with van der Waals surface area (Å²) in [5, 5.41) is 11.3. The number of benzene rings is 1. The van der Waals surface area contributed by atoms with Crippen molar-refractivity contribution in [1.29, 1.82) is 0 Å². The van der Waals surface area contributed by atoms with Crippen molar-refractivity contribution in [3.8, 4) is 0 Å². The van der Waals surface area contributed by atoms with Gasteiger partial charge in [-0.25, -0.2) is 9.59 Å². The van der Waals surface area contributed by atoms with Crippen LogP contribution in [0, 0.1) is 0 Å². The summed E-state index contributed by atoms with van der Waals surface area (Å²) in [5.74, 6) is -1.38. The summed E-state index contributed by atoms with van der Waals surface area (Å²) in [6, 6.07) is 1.68. The first-order valence-electron chi connectivity index (χ1n) is 6.87. The van der Waals surface area contributed by atoms with Gasteiger partial charge in [-0.1, -0.05) is 15.9 Å². The second kappa shape index (κ2) is 7.42. The Morgan fingerprint density at radius 1 is 1.25 bits per heavy atom. The van der Waals surface area contributed by atoms with Crippen molar-refractivity contribution in [3.63, 3.8) is 0 Å². The lowest BCUT2D eigenvalue weighted by atomic mass is 10.0. The molecule has 1 amide bonds. The number of rotatable bonds is 4. The van der Waals surface area contributed by atoms with E-state index in [1.54, 1.807) is 20.8 Å². The number of alkyl carbamates (subject to hydrolysis) is 1. The van der Waals surface area contributed by atoms with E-state index in [9.17, 15) is 27.9 Å². The molecule has 2 N–H and O–H groups in total. The van der Waals surface area contributed by atoms with E-state index in [4.69, 9.17) is 4.74 Å². The van der Waals surface area contributed by atoms with Crippen LogP contribution in [0.15, 0.2) is 22.7 Å². The first-order chi connectivity index (χ1) is 10.8. The Bertz CT molecular complexity index is 626. The van der Waals surface area contributed by atoms with Crippen molar-refractivity contribution in [1.82, 2.24) is 5.32 Å². The fraction of sp³-hybridized carbons (Fsp3) is 0.467. The summed E-state index contributed by atoms with van der Waals surface area (Å²) >= 11 is 2.96. The maximum Gasteiger partial charge on any atom is 0.416 e. The number of amides is 1. The van der Waals surface area contributed by atoms with Gasteiger partial charge in [-0.15, -0.1) is 0 Å². The van der Waals surface area contributed by atoms with Crippen LogP contribution in [0.5, 0.6) is 0 Å². The number of carbonyl (C=O) groups is 2. The number of carboxylic acids is 1. The molecule has 0 spiro atoms. The molecule has 1 atom stereocenters. The smallest absolute Gasteiger partial charge is 0.416 e. The molecule has 0 aromatic heterocycles. The summed E-state index contributed by atoms with van der Waals surface area (Å²) < 4.78 is 43.6. The number of hydrogen-bond acceptors (Lipinski definition) is 3. The van der Waals surface area contributed by atoms with Gasteiger partial charge in [0.25, 0.3) is 0 Å². The first-order valence-corrected chi connectivity index (χ1v) is 7.66. The predicted molar refractivity (Wildman–Crippen MR) is 83.6 cm³/mol. The molecule has 0 saturated carbocycles. The highest BCUT2D eigenvalue weighted by atomic mass is 79.9. The lowest BCUT2D eigenvalue weighted by Crippen LogP contribution is -2.44. The van der Waals surface area contributed by atoms with Crippen LogP contribution < -0.4 is 5.32 Å². The van der Waals surface area contributed by atoms with Gasteiger partial charge in [-0.05, 0) is 44.5 Å². The number of halogens is 4. The summed E-state index contributed by atoms with van der Waals surface area (Å²) in [5.41, 5.74) is -1.62. The molecule has 1 aromatic rings. The van der Waals surface area contributed by atoms with Crippen LogP contribution in [0.3, 0.4) is 0 Å². The van der Waals surface area contributed by atoms with Crippen molar-refractivity contribution < 1.29 is 32.6 Å². The Labute approximate surface area is 145 Å². The van der Waals surface area contributed by atoms with Crippen LogP contribution in [-0.2, 0) is 22.1 Å². The van der Waals surface area contributed by atoms with Gasteiger partial charge >= 0.3 is 18.2 Å². The van der Waals surface area contributed by atoms with E-state index in [1.165, 1.54) is 6.07 Å². The quantitative estimate of drug-likeness (QED) is 0.785. The molecule has 0 radical (unpaired) electrons. The van der Waals surface area contributed by atoms with E-state index in [-0.39, 0.29) is 16.5 Å². The van der Waals surface area contributed by atoms with Gasteiger partial charge in [0.2, 0.25) is 0 Å². The molecule has 9 heteroatoms. The topological polar surface area (TPSA) is 75.6 Å². The molecule has 134 valence electrons. The normalized spacial score (nSPS) is 13.3. The van der Waals surface area contributed by atoms with E-state index < -0.39 is 35.4 Å². The summed E-state index contributed by atoms with van der Waals surface area (Å²) in [6.45, 7) is 4.81. The minimum absolute atomic E-state index is 0.111. The Hall–Kier alpha value is -1.77. The van der Waals surface area contributed by atoms with Crippen molar-refractivity contribution >= 4 is 28.0 Å². The molecule has 1 rings (SSSR count). The number of alkyl halides is 3. The van der Waals surface area contributed by atoms with Gasteiger partial charge in [0.15, 0.2) is 0 Å². The zero-order valence-corrected chi connectivity index (χ0v) is 14.8. The minimum Gasteiger partial charge on any atom is -0.480 e. The third-order valence-corrected chi connectivity index (χ3v) is 3.17. The molecule has 0 aliphatic heterocycles. The molecule has 0 aliphatic carbocycles. The molecular formula is C15H17BrF3NO4. The molecule has 1 aromatic carbocycles. The fourth-order valence-corrected chi connectivity index (χ4v) is 2.36. The Morgan fingerprint density at radius 3 is 2.29 bits per heavy atom. The first kappa shape index (κ1) is 20.3. The van der Waals surface area contributed by atoms with E-state index in [0.29, 0.717) is 0 Å². The number of ether oxygens (including phenoxy) is 1. The molecular weight excluding hydrogens is 395 g/mol. The maximum atomic E-state index is 12.8. The zero-order valence-electron chi connectivity index (χ0n) is 13.2. The molecule has 0 saturated heterocycles. The molecule has 0 fully saturated rings. The summed E-state index contributed by atoms with van der Waals surface area (Å²) in [6.07, 6.45) is -5.84. The lowest BCUT2D eigenvalue weighted by molar-refractivity contribution is -0.139. The molecule has 5 nitrogen and oxygen atoms in total. The molecule has 24 heavy (non-hydrogen) atoms. The Balaban J connectivity index is 2.96. The van der Waals surface area contributed by atoms with Crippen molar-refractivity contribution in [2.24, 2.45) is 0 Å². The maximum absolute atomic E-state index is 12.8. The van der Waals surface area contributed by atoms with E-state index in [1.807, 2.05) is 0 Å². The highest BCUT2D eigenvalue weighted by Gasteiger charge is 2.32. The zero-order chi connectivity index (χ0) is 18.7. The van der Waals surface area contributed by atoms with Crippen molar-refractivity contribution in [2.45, 2.75) is 45.0 Å². The standard InChI is InChI=1S/C15H17BrF3NO4/c1-14(2,3)24-13(23)20-11(12(21)22)6-8-4-9(15(17,18)19)7-10(16)5-8/h4-5,7,11H,6H2,1-3H3,(H,20,23)(H,21,22). The number of nitrogens with one attached hydrogen (secondary N) is 1. The average Bonchev–Trinajstić information content (AvgIpc) is 2.33. The van der Waals surface area contributed by atoms with Gasteiger partial charge < -0.3 is 15.2 Å². The van der Waals surface area contributed by atoms with E-state index in [2.05, 4.69) is 21.2 Å². The van der Waals surface area contributed by atoms with Gasteiger partial charge in [-0.2, -0.15) is 13.2 Å². The highest BCUT2D eigenvalue weighted by Crippen LogP contribution is 2.32. The minimum atomic E-state index is -4.56. The van der Waals surface area contributed by atoms with Crippen molar-refractivity contribution in [2.75, 3.05) is 0 Å². The largest absolute Gasteiger partial charge is 0.480 e. The van der Waals surface area contributed by atoms with Crippen LogP contribution in [0.25, 0.3) is 0 Å². The van der Waals surface area contributed by atoms with Crippen LogP contribution in [-0.4, -0.2) is 28.8 Å². The SMILES string of the molecule is CC(C)(C)OC(=O)NC(Cc1cc(Br)cc(C(F)(F)F)c1)C(=O)O. The third kappa shape index (κ3) is 6.77. The Kier molecular flexibility index (Phi) is 6.26.